The number of ketones is 2. The Hall–Kier alpha value is -2.71. The van der Waals surface area contributed by atoms with Crippen molar-refractivity contribution in [2.24, 2.45) is 0 Å². The van der Waals surface area contributed by atoms with Crippen molar-refractivity contribution in [1.82, 2.24) is 4.57 Å². The average molecular weight is 507 g/mol. The van der Waals surface area contributed by atoms with Gasteiger partial charge in [0.2, 0.25) is 0 Å². The fraction of sp³-hybridized carbons (Fsp3) is 0. The second-order valence-electron chi connectivity index (χ2n) is 6.96. The van der Waals surface area contributed by atoms with Crippen LogP contribution in [0.25, 0.3) is 31.6 Å². The van der Waals surface area contributed by atoms with Crippen LogP contribution >= 0.6 is 11.3 Å². The van der Waals surface area contributed by atoms with Gasteiger partial charge in [-0.15, -0.1) is 0 Å². The maximum absolute atomic E-state index is 12.6. The summed E-state index contributed by atoms with van der Waals surface area (Å²) in [4.78, 5) is 25.2. The van der Waals surface area contributed by atoms with E-state index in [1.165, 1.54) is 36.8 Å². The number of carbonyl (C=O) groups is 2. The van der Waals surface area contributed by atoms with Crippen molar-refractivity contribution in [1.29, 1.82) is 0 Å². The molecule has 0 amide bonds. The summed E-state index contributed by atoms with van der Waals surface area (Å²) in [5, 5.41) is 6.04. The molecule has 0 saturated heterocycles. The van der Waals surface area contributed by atoms with Crippen molar-refractivity contribution >= 4 is 71.2 Å². The summed E-state index contributed by atoms with van der Waals surface area (Å²) in [6, 6.07) is 21.1. The van der Waals surface area contributed by atoms with Gasteiger partial charge in [0.1, 0.15) is 0 Å². The molecule has 6 rings (SSSR count). The molecule has 0 aliphatic heterocycles. The third kappa shape index (κ3) is 2.49. The third-order valence-electron chi connectivity index (χ3n) is 5.34. The van der Waals surface area contributed by atoms with Gasteiger partial charge in [-0.3, -0.25) is 0 Å². The molecule has 0 bridgehead atoms. The number of para-hydroxylation sites is 2. The Morgan fingerprint density at radius 3 is 1.97 bits per heavy atom. The number of thiophene rings is 1. The number of aromatic nitrogens is 1. The maximum atomic E-state index is 12.6. The first-order valence-electron chi connectivity index (χ1n) is 9.18. The summed E-state index contributed by atoms with van der Waals surface area (Å²) in [7, 11) is 0. The van der Waals surface area contributed by atoms with E-state index in [-0.39, 0.29) is 11.6 Å². The number of Topliss-reactive ketones (excluding diaryl/α,β-unsaturated/α-hetero) is 2. The number of nitrogens with zero attached hydrogens (tertiary/aromatic N) is 1. The first-order valence-corrected chi connectivity index (χ1v) is 12.5. The van der Waals surface area contributed by atoms with Gasteiger partial charge in [0.05, 0.1) is 0 Å². The quantitative estimate of drug-likeness (QED) is 0.183. The van der Waals surface area contributed by atoms with E-state index in [1.54, 1.807) is 10.8 Å². The van der Waals surface area contributed by atoms with Crippen LogP contribution in [0.5, 0.6) is 0 Å². The van der Waals surface area contributed by atoms with Crippen LogP contribution in [0.4, 0.5) is 0 Å². The van der Waals surface area contributed by atoms with Crippen LogP contribution in [0, 0.1) is 0 Å². The van der Waals surface area contributed by atoms with Gasteiger partial charge in [-0.2, -0.15) is 0 Å². The minimum atomic E-state index is -0.719. The normalized spacial score (nSPS) is 13.6. The van der Waals surface area contributed by atoms with E-state index in [9.17, 15) is 9.59 Å². The minimum absolute atomic E-state index is 0.134. The molecular weight excluding hydrogens is 494 g/mol. The molecule has 5 heteroatoms. The SMILES string of the molecule is O=C1C(=Cc2ccc(-n3c4ccccc4c4ccccc43)[te]2)C(=O)c2cscc21. The number of allylic oxidation sites excluding steroid dienone is 1. The van der Waals surface area contributed by atoms with Gasteiger partial charge < -0.3 is 0 Å². The van der Waals surface area contributed by atoms with Crippen LogP contribution < -0.4 is 0 Å². The van der Waals surface area contributed by atoms with Crippen LogP contribution in [0.15, 0.2) is 77.0 Å². The number of hydrogen-bond acceptors (Lipinski definition) is 3. The molecule has 0 unspecified atom stereocenters. The Kier molecular flexibility index (Phi) is 3.79. The molecule has 0 saturated carbocycles. The predicted molar refractivity (Wildman–Crippen MR) is 119 cm³/mol. The Labute approximate surface area is 180 Å². The molecule has 0 spiro atoms. The Morgan fingerprint density at radius 2 is 1.34 bits per heavy atom. The van der Waals surface area contributed by atoms with Crippen molar-refractivity contribution in [3.8, 4) is 3.70 Å². The second kappa shape index (κ2) is 6.40. The summed E-state index contributed by atoms with van der Waals surface area (Å²) in [5.41, 5.74) is 3.82. The fourth-order valence-corrected chi connectivity index (χ4v) is 7.62. The van der Waals surface area contributed by atoms with Crippen molar-refractivity contribution in [3.05, 3.63) is 91.7 Å². The second-order valence-corrected chi connectivity index (χ2v) is 10.8. The first kappa shape index (κ1) is 17.2. The van der Waals surface area contributed by atoms with Crippen molar-refractivity contribution < 1.29 is 9.59 Å². The number of benzene rings is 2. The van der Waals surface area contributed by atoms with E-state index in [2.05, 4.69) is 65.2 Å². The molecule has 3 aromatic heterocycles. The van der Waals surface area contributed by atoms with Gasteiger partial charge in [0.15, 0.2) is 0 Å². The molecular formula is C24H13NO2STe. The van der Waals surface area contributed by atoms with E-state index < -0.39 is 20.4 Å². The van der Waals surface area contributed by atoms with E-state index in [0.717, 1.165) is 3.58 Å². The molecule has 1 aliphatic rings. The Bertz CT molecular complexity index is 1410. The monoisotopic (exact) mass is 509 g/mol. The van der Waals surface area contributed by atoms with Crippen LogP contribution in [0.2, 0.25) is 0 Å². The number of rotatable bonds is 2. The van der Waals surface area contributed by atoms with Crippen molar-refractivity contribution in [3.63, 3.8) is 0 Å². The van der Waals surface area contributed by atoms with Gasteiger partial charge in [-0.1, -0.05) is 0 Å². The number of carbonyl (C=O) groups excluding carboxylic acids is 2. The molecule has 29 heavy (non-hydrogen) atoms. The molecule has 3 nitrogen and oxygen atoms in total. The molecule has 138 valence electrons. The van der Waals surface area contributed by atoms with Crippen molar-refractivity contribution in [2.75, 3.05) is 0 Å². The van der Waals surface area contributed by atoms with Gasteiger partial charge in [-0.05, 0) is 0 Å². The Morgan fingerprint density at radius 1 is 0.759 bits per heavy atom. The summed E-state index contributed by atoms with van der Waals surface area (Å²) >= 11 is 0.687. The molecule has 3 heterocycles. The van der Waals surface area contributed by atoms with Gasteiger partial charge in [-0.25, -0.2) is 0 Å². The molecule has 0 N–H and O–H groups in total. The zero-order chi connectivity index (χ0) is 19.5. The standard InChI is InChI=1S/C24H13NO2STe/c26-23-17(24(27)19-13-28-12-18(19)23)11-14-9-10-22(29-14)25-20-7-3-1-5-15(20)16-6-2-4-8-21(16)25/h1-13H. The summed E-state index contributed by atoms with van der Waals surface area (Å²) in [6.07, 6.45) is 1.83. The number of fused-ring (bicyclic) bond motifs is 4. The summed E-state index contributed by atoms with van der Waals surface area (Å²) in [5.74, 6) is -0.269. The zero-order valence-corrected chi connectivity index (χ0v) is 18.2. The van der Waals surface area contributed by atoms with Crippen molar-refractivity contribution in [2.45, 2.75) is 0 Å². The van der Waals surface area contributed by atoms with Gasteiger partial charge in [0, 0.05) is 0 Å². The summed E-state index contributed by atoms with van der Waals surface area (Å²) in [6.45, 7) is 0. The van der Waals surface area contributed by atoms with Crippen LogP contribution in [0.3, 0.4) is 0 Å². The predicted octanol–water partition coefficient (Wildman–Crippen LogP) is 5.36. The van der Waals surface area contributed by atoms with Gasteiger partial charge >= 0.3 is 181 Å². The molecule has 1 aliphatic carbocycles. The van der Waals surface area contributed by atoms with Crippen LogP contribution in [-0.4, -0.2) is 36.6 Å². The molecule has 5 aromatic rings. The van der Waals surface area contributed by atoms with E-state index in [4.69, 9.17) is 0 Å². The average Bonchev–Trinajstić information content (AvgIpc) is 3.50. The van der Waals surface area contributed by atoms with E-state index in [0.29, 0.717) is 16.7 Å². The summed E-state index contributed by atoms with van der Waals surface area (Å²) < 4.78 is 4.72. The molecule has 0 radical (unpaired) electrons. The van der Waals surface area contributed by atoms with Gasteiger partial charge in [0.25, 0.3) is 0 Å². The topological polar surface area (TPSA) is 39.1 Å². The zero-order valence-electron chi connectivity index (χ0n) is 15.1. The first-order chi connectivity index (χ1) is 14.2. The third-order valence-corrected chi connectivity index (χ3v) is 8.99. The van der Waals surface area contributed by atoms with E-state index >= 15 is 0 Å². The van der Waals surface area contributed by atoms with Crippen LogP contribution in [0.1, 0.15) is 24.3 Å². The molecule has 2 aromatic carbocycles. The van der Waals surface area contributed by atoms with E-state index in [1.807, 2.05) is 6.08 Å². The molecule has 0 atom stereocenters. The number of hydrogen-bond donors (Lipinski definition) is 0. The fourth-order valence-electron chi connectivity index (χ4n) is 4.02. The Balaban J connectivity index is 1.50. The molecule has 0 fully saturated rings. The van der Waals surface area contributed by atoms with Crippen LogP contribution in [-0.2, 0) is 0 Å².